The molecule has 2 heterocycles. The molecule has 1 aromatic heterocycles. The van der Waals surface area contributed by atoms with Crippen LogP contribution in [-0.4, -0.2) is 23.3 Å². The second-order valence-electron chi connectivity index (χ2n) is 7.09. The number of benzene rings is 2. The summed E-state index contributed by atoms with van der Waals surface area (Å²) in [6, 6.07) is 15.9. The summed E-state index contributed by atoms with van der Waals surface area (Å²) in [6.07, 6.45) is 0.218. The average molecular weight is 391 g/mol. The lowest BCUT2D eigenvalue weighted by Gasteiger charge is -2.19. The van der Waals surface area contributed by atoms with Gasteiger partial charge in [0.15, 0.2) is 5.13 Å². The van der Waals surface area contributed by atoms with Crippen molar-refractivity contribution in [2.24, 2.45) is 5.92 Å². The molecule has 142 valence electrons. The molecular weight excluding hydrogens is 370 g/mol. The van der Waals surface area contributed by atoms with Crippen LogP contribution in [0.15, 0.2) is 53.9 Å². The highest BCUT2D eigenvalue weighted by Gasteiger charge is 2.36. The van der Waals surface area contributed by atoms with E-state index in [0.717, 1.165) is 28.1 Å². The number of rotatable bonds is 4. The molecule has 4 rings (SSSR count). The Hall–Kier alpha value is -2.99. The number of carbonyl (C=O) groups is 2. The van der Waals surface area contributed by atoms with Gasteiger partial charge in [0.25, 0.3) is 0 Å². The van der Waals surface area contributed by atoms with Gasteiger partial charge in [0.05, 0.1) is 11.6 Å². The summed E-state index contributed by atoms with van der Waals surface area (Å²) >= 11 is 1.39. The highest BCUT2D eigenvalue weighted by atomic mass is 32.1. The van der Waals surface area contributed by atoms with Gasteiger partial charge >= 0.3 is 0 Å². The Balaban J connectivity index is 1.46. The third-order valence-corrected chi connectivity index (χ3v) is 5.71. The van der Waals surface area contributed by atoms with Gasteiger partial charge in [-0.15, -0.1) is 11.3 Å². The van der Waals surface area contributed by atoms with Crippen molar-refractivity contribution in [1.82, 2.24) is 4.98 Å². The molecule has 0 radical (unpaired) electrons. The summed E-state index contributed by atoms with van der Waals surface area (Å²) < 4.78 is 0. The van der Waals surface area contributed by atoms with Crippen molar-refractivity contribution in [3.63, 3.8) is 0 Å². The van der Waals surface area contributed by atoms with Gasteiger partial charge in [-0.1, -0.05) is 42.5 Å². The van der Waals surface area contributed by atoms with Crippen molar-refractivity contribution >= 4 is 34.0 Å². The van der Waals surface area contributed by atoms with Gasteiger partial charge in [-0.3, -0.25) is 9.59 Å². The van der Waals surface area contributed by atoms with Crippen molar-refractivity contribution < 1.29 is 9.59 Å². The number of anilines is 2. The lowest BCUT2D eigenvalue weighted by molar-refractivity contribution is -0.122. The van der Waals surface area contributed by atoms with E-state index in [9.17, 15) is 9.59 Å². The zero-order valence-electron chi connectivity index (χ0n) is 15.8. The summed E-state index contributed by atoms with van der Waals surface area (Å²) in [5, 5.41) is 5.36. The summed E-state index contributed by atoms with van der Waals surface area (Å²) in [5.41, 5.74) is 4.86. The molecule has 1 saturated heterocycles. The summed E-state index contributed by atoms with van der Waals surface area (Å²) in [6.45, 7) is 4.38. The van der Waals surface area contributed by atoms with Crippen molar-refractivity contribution in [2.45, 2.75) is 20.3 Å². The SMILES string of the molecule is Cc1ccc(C)c(N2CC(C(=O)Nc3nc(-c4ccccc4)cs3)CC2=O)c1. The van der Waals surface area contributed by atoms with E-state index < -0.39 is 0 Å². The van der Waals surface area contributed by atoms with Crippen LogP contribution in [0.2, 0.25) is 0 Å². The Morgan fingerprint density at radius 2 is 1.96 bits per heavy atom. The van der Waals surface area contributed by atoms with Gasteiger partial charge in [-0.25, -0.2) is 4.98 Å². The van der Waals surface area contributed by atoms with Crippen LogP contribution >= 0.6 is 11.3 Å². The average Bonchev–Trinajstić information content (AvgIpc) is 3.31. The molecule has 0 saturated carbocycles. The summed E-state index contributed by atoms with van der Waals surface area (Å²) in [7, 11) is 0. The Kier molecular flexibility index (Phi) is 4.96. The molecule has 1 atom stereocenters. The molecule has 3 aromatic rings. The predicted octanol–water partition coefficient (Wildman–Crippen LogP) is 4.42. The lowest BCUT2D eigenvalue weighted by atomic mass is 10.1. The minimum absolute atomic E-state index is 0.0158. The minimum atomic E-state index is -0.378. The second kappa shape index (κ2) is 7.56. The van der Waals surface area contributed by atoms with Crippen LogP contribution in [0, 0.1) is 19.8 Å². The van der Waals surface area contributed by atoms with Gasteiger partial charge in [-0.2, -0.15) is 0 Å². The molecule has 0 aliphatic carbocycles. The Bertz CT molecular complexity index is 1030. The monoisotopic (exact) mass is 391 g/mol. The summed E-state index contributed by atoms with van der Waals surface area (Å²) in [4.78, 5) is 31.5. The van der Waals surface area contributed by atoms with Gasteiger partial charge in [0, 0.05) is 29.6 Å². The van der Waals surface area contributed by atoms with Crippen LogP contribution < -0.4 is 10.2 Å². The Labute approximate surface area is 168 Å². The van der Waals surface area contributed by atoms with E-state index in [2.05, 4.69) is 10.3 Å². The molecule has 1 N–H and O–H groups in total. The maximum atomic E-state index is 12.7. The zero-order chi connectivity index (χ0) is 19.7. The largest absolute Gasteiger partial charge is 0.311 e. The number of nitrogens with zero attached hydrogens (tertiary/aromatic N) is 2. The third kappa shape index (κ3) is 3.68. The number of aromatic nitrogens is 1. The molecule has 1 aliphatic rings. The van der Waals surface area contributed by atoms with Crippen molar-refractivity contribution in [2.75, 3.05) is 16.8 Å². The van der Waals surface area contributed by atoms with Crippen LogP contribution in [-0.2, 0) is 9.59 Å². The maximum absolute atomic E-state index is 12.7. The number of thiazole rings is 1. The fourth-order valence-electron chi connectivity index (χ4n) is 3.41. The first-order valence-electron chi connectivity index (χ1n) is 9.20. The van der Waals surface area contributed by atoms with Crippen LogP contribution in [0.4, 0.5) is 10.8 Å². The number of carbonyl (C=O) groups excluding carboxylic acids is 2. The molecule has 1 unspecified atom stereocenters. The van der Waals surface area contributed by atoms with E-state index in [0.29, 0.717) is 11.7 Å². The predicted molar refractivity (Wildman–Crippen MR) is 113 cm³/mol. The smallest absolute Gasteiger partial charge is 0.231 e. The minimum Gasteiger partial charge on any atom is -0.311 e. The van der Waals surface area contributed by atoms with Gasteiger partial charge in [0.1, 0.15) is 0 Å². The quantitative estimate of drug-likeness (QED) is 0.716. The van der Waals surface area contributed by atoms with E-state index in [1.54, 1.807) is 4.90 Å². The maximum Gasteiger partial charge on any atom is 0.231 e. The van der Waals surface area contributed by atoms with E-state index >= 15 is 0 Å². The highest BCUT2D eigenvalue weighted by Crippen LogP contribution is 2.30. The Morgan fingerprint density at radius 1 is 1.18 bits per heavy atom. The van der Waals surface area contributed by atoms with Gasteiger partial charge < -0.3 is 10.2 Å². The third-order valence-electron chi connectivity index (χ3n) is 4.96. The molecule has 5 nitrogen and oxygen atoms in total. The first-order valence-corrected chi connectivity index (χ1v) is 10.1. The molecular formula is C22H21N3O2S. The number of hydrogen-bond acceptors (Lipinski definition) is 4. The lowest BCUT2D eigenvalue weighted by Crippen LogP contribution is -2.28. The molecule has 6 heteroatoms. The van der Waals surface area contributed by atoms with Crippen LogP contribution in [0.5, 0.6) is 0 Å². The van der Waals surface area contributed by atoms with Crippen molar-refractivity contribution in [3.8, 4) is 11.3 Å². The molecule has 1 aliphatic heterocycles. The van der Waals surface area contributed by atoms with E-state index in [4.69, 9.17) is 0 Å². The van der Waals surface area contributed by atoms with Crippen LogP contribution in [0.1, 0.15) is 17.5 Å². The molecule has 0 bridgehead atoms. The molecule has 2 amide bonds. The number of amides is 2. The molecule has 1 fully saturated rings. The number of hydrogen-bond donors (Lipinski definition) is 1. The van der Waals surface area contributed by atoms with E-state index in [1.807, 2.05) is 67.8 Å². The van der Waals surface area contributed by atoms with Crippen molar-refractivity contribution in [3.05, 3.63) is 65.0 Å². The van der Waals surface area contributed by atoms with E-state index in [-0.39, 0.29) is 24.2 Å². The standard InChI is InChI=1S/C22H21N3O2S/c1-14-8-9-15(2)19(10-14)25-12-17(11-20(25)26)21(27)24-22-23-18(13-28-22)16-6-4-3-5-7-16/h3-10,13,17H,11-12H2,1-2H3,(H,23,24,27). The topological polar surface area (TPSA) is 62.3 Å². The van der Waals surface area contributed by atoms with Gasteiger partial charge in [0.2, 0.25) is 11.8 Å². The Morgan fingerprint density at radius 3 is 2.75 bits per heavy atom. The first kappa shape index (κ1) is 18.4. The molecule has 28 heavy (non-hydrogen) atoms. The van der Waals surface area contributed by atoms with E-state index in [1.165, 1.54) is 11.3 Å². The fourth-order valence-corrected chi connectivity index (χ4v) is 4.13. The van der Waals surface area contributed by atoms with Crippen molar-refractivity contribution in [1.29, 1.82) is 0 Å². The molecule has 0 spiro atoms. The zero-order valence-corrected chi connectivity index (χ0v) is 16.6. The molecule has 2 aromatic carbocycles. The van der Waals surface area contributed by atoms with Crippen LogP contribution in [0.25, 0.3) is 11.3 Å². The fraction of sp³-hybridized carbons (Fsp3) is 0.227. The van der Waals surface area contributed by atoms with Gasteiger partial charge in [-0.05, 0) is 31.0 Å². The number of aryl methyl sites for hydroxylation is 2. The van der Waals surface area contributed by atoms with Crippen LogP contribution in [0.3, 0.4) is 0 Å². The second-order valence-corrected chi connectivity index (χ2v) is 7.95. The highest BCUT2D eigenvalue weighted by molar-refractivity contribution is 7.14. The summed E-state index contributed by atoms with van der Waals surface area (Å²) in [5.74, 6) is -0.551. The first-order chi connectivity index (χ1) is 13.5. The number of nitrogens with one attached hydrogen (secondary N) is 1. The normalized spacial score (nSPS) is 16.4.